The fraction of sp³-hybridized carbons (Fsp3) is 0. The van der Waals surface area contributed by atoms with Crippen LogP contribution in [-0.2, 0) is 0 Å². The second kappa shape index (κ2) is 4.87. The maximum atomic E-state index is 4.75. The van der Waals surface area contributed by atoms with E-state index in [0.29, 0.717) is 0 Å². The van der Waals surface area contributed by atoms with Crippen molar-refractivity contribution in [3.63, 3.8) is 0 Å². The van der Waals surface area contributed by atoms with E-state index in [9.17, 15) is 0 Å². The molecule has 100 valence electrons. The van der Waals surface area contributed by atoms with Crippen molar-refractivity contribution in [1.29, 1.82) is 0 Å². The molecule has 0 atom stereocenters. The Labute approximate surface area is 122 Å². The fourth-order valence-electron chi connectivity index (χ4n) is 2.42. The van der Waals surface area contributed by atoms with Crippen LogP contribution in [-0.4, -0.2) is 9.97 Å². The molecule has 0 bridgehead atoms. The Hall–Kier alpha value is -2.94. The van der Waals surface area contributed by atoms with E-state index in [-0.39, 0.29) is 0 Å². The molecule has 0 saturated carbocycles. The maximum absolute atomic E-state index is 4.75. The van der Waals surface area contributed by atoms with Gasteiger partial charge >= 0.3 is 0 Å². The molecule has 0 fully saturated rings. The highest BCUT2D eigenvalue weighted by Crippen LogP contribution is 2.25. The van der Waals surface area contributed by atoms with Gasteiger partial charge in [0.25, 0.3) is 0 Å². The zero-order valence-electron chi connectivity index (χ0n) is 11.3. The van der Waals surface area contributed by atoms with Gasteiger partial charge in [0.2, 0.25) is 0 Å². The predicted molar refractivity (Wildman–Crippen MR) is 86.8 cm³/mol. The van der Waals surface area contributed by atoms with Crippen molar-refractivity contribution in [1.82, 2.24) is 9.97 Å². The highest BCUT2D eigenvalue weighted by molar-refractivity contribution is 5.94. The molecule has 0 spiro atoms. The van der Waals surface area contributed by atoms with Crippen molar-refractivity contribution in [2.24, 2.45) is 0 Å². The molecule has 0 aliphatic carbocycles. The minimum atomic E-state index is 0.889. The van der Waals surface area contributed by atoms with Crippen LogP contribution in [0.3, 0.4) is 0 Å². The minimum absolute atomic E-state index is 0.889. The summed E-state index contributed by atoms with van der Waals surface area (Å²) in [6.07, 6.45) is 0. The van der Waals surface area contributed by atoms with E-state index < -0.39 is 0 Å². The van der Waals surface area contributed by atoms with Gasteiger partial charge in [-0.15, -0.1) is 0 Å². The normalized spacial score (nSPS) is 10.9. The van der Waals surface area contributed by atoms with Crippen LogP contribution in [0.5, 0.6) is 0 Å². The van der Waals surface area contributed by atoms with Crippen molar-refractivity contribution < 1.29 is 0 Å². The highest BCUT2D eigenvalue weighted by Gasteiger charge is 2.06. The molecule has 4 rings (SSSR count). The summed E-state index contributed by atoms with van der Waals surface area (Å²) in [5.41, 5.74) is 5.63. The highest BCUT2D eigenvalue weighted by atomic mass is 14.9. The van der Waals surface area contributed by atoms with Crippen molar-refractivity contribution >= 4 is 33.4 Å². The van der Waals surface area contributed by atoms with Gasteiger partial charge in [-0.2, -0.15) is 0 Å². The largest absolute Gasteiger partial charge is 0.354 e. The molecule has 4 aromatic rings. The number of nitrogens with one attached hydrogen (secondary N) is 1. The molecule has 0 radical (unpaired) electrons. The quantitative estimate of drug-likeness (QED) is 0.544. The molecule has 1 aromatic heterocycles. The molecular weight excluding hydrogens is 258 g/mol. The van der Waals surface area contributed by atoms with Crippen LogP contribution in [0.15, 0.2) is 72.8 Å². The van der Waals surface area contributed by atoms with E-state index in [0.717, 1.165) is 33.4 Å². The number of hydrogen-bond acceptors (Lipinski definition) is 3. The van der Waals surface area contributed by atoms with Crippen molar-refractivity contribution in [3.8, 4) is 0 Å². The summed E-state index contributed by atoms with van der Waals surface area (Å²) < 4.78 is 0. The first-order chi connectivity index (χ1) is 10.4. The minimum Gasteiger partial charge on any atom is -0.354 e. The SMILES string of the molecule is c1ccc(Nc2cccc3nc4ccccc4nc23)cc1. The van der Waals surface area contributed by atoms with Crippen LogP contribution < -0.4 is 5.32 Å². The second-order valence-corrected chi connectivity index (χ2v) is 4.88. The third-order valence-corrected chi connectivity index (χ3v) is 3.42. The zero-order chi connectivity index (χ0) is 14.1. The molecule has 0 amide bonds. The summed E-state index contributed by atoms with van der Waals surface area (Å²) in [5.74, 6) is 0. The molecular formula is C18H13N3. The van der Waals surface area contributed by atoms with Crippen molar-refractivity contribution in [2.45, 2.75) is 0 Å². The number of benzene rings is 3. The molecule has 3 heteroatoms. The predicted octanol–water partition coefficient (Wildman–Crippen LogP) is 4.53. The van der Waals surface area contributed by atoms with Crippen LogP contribution in [0.4, 0.5) is 11.4 Å². The van der Waals surface area contributed by atoms with E-state index in [1.54, 1.807) is 0 Å². The molecule has 1 heterocycles. The number of hydrogen-bond donors (Lipinski definition) is 1. The Morgan fingerprint density at radius 3 is 2.05 bits per heavy atom. The molecule has 3 nitrogen and oxygen atoms in total. The third-order valence-electron chi connectivity index (χ3n) is 3.42. The van der Waals surface area contributed by atoms with E-state index in [4.69, 9.17) is 4.98 Å². The van der Waals surface area contributed by atoms with Crippen molar-refractivity contribution in [2.75, 3.05) is 5.32 Å². The lowest BCUT2D eigenvalue weighted by atomic mass is 10.2. The van der Waals surface area contributed by atoms with Crippen molar-refractivity contribution in [3.05, 3.63) is 72.8 Å². The molecule has 0 saturated heterocycles. The smallest absolute Gasteiger partial charge is 0.113 e. The van der Waals surface area contributed by atoms with E-state index in [1.807, 2.05) is 72.8 Å². The number of para-hydroxylation sites is 4. The monoisotopic (exact) mass is 271 g/mol. The van der Waals surface area contributed by atoms with E-state index in [1.165, 1.54) is 0 Å². The summed E-state index contributed by atoms with van der Waals surface area (Å²) in [6, 6.07) is 24.0. The maximum Gasteiger partial charge on any atom is 0.113 e. The van der Waals surface area contributed by atoms with Gasteiger partial charge in [0.1, 0.15) is 5.52 Å². The Balaban J connectivity index is 1.90. The third kappa shape index (κ3) is 2.19. The van der Waals surface area contributed by atoms with Gasteiger partial charge in [-0.1, -0.05) is 36.4 Å². The first kappa shape index (κ1) is 11.9. The van der Waals surface area contributed by atoms with Crippen LogP contribution in [0.1, 0.15) is 0 Å². The number of nitrogens with zero attached hydrogens (tertiary/aromatic N) is 2. The Morgan fingerprint density at radius 1 is 0.571 bits per heavy atom. The van der Waals surface area contributed by atoms with Gasteiger partial charge in [-0.05, 0) is 36.4 Å². The average molecular weight is 271 g/mol. The van der Waals surface area contributed by atoms with Gasteiger partial charge in [-0.25, -0.2) is 9.97 Å². The first-order valence-corrected chi connectivity index (χ1v) is 6.88. The zero-order valence-corrected chi connectivity index (χ0v) is 11.3. The Morgan fingerprint density at radius 2 is 1.24 bits per heavy atom. The molecule has 1 N–H and O–H groups in total. The number of fused-ring (bicyclic) bond motifs is 2. The van der Waals surface area contributed by atoms with Gasteiger partial charge in [0.05, 0.1) is 22.2 Å². The van der Waals surface area contributed by atoms with Gasteiger partial charge in [0.15, 0.2) is 0 Å². The average Bonchev–Trinajstić information content (AvgIpc) is 2.54. The summed E-state index contributed by atoms with van der Waals surface area (Å²) >= 11 is 0. The Bertz CT molecular complexity index is 917. The second-order valence-electron chi connectivity index (χ2n) is 4.88. The molecule has 21 heavy (non-hydrogen) atoms. The lowest BCUT2D eigenvalue weighted by Crippen LogP contribution is -1.94. The van der Waals surface area contributed by atoms with Crippen LogP contribution in [0.2, 0.25) is 0 Å². The Kier molecular flexibility index (Phi) is 2.75. The molecule has 0 unspecified atom stereocenters. The lowest BCUT2D eigenvalue weighted by Gasteiger charge is -2.09. The summed E-state index contributed by atoms with van der Waals surface area (Å²) in [4.78, 5) is 9.43. The molecule has 0 aliphatic rings. The number of aromatic nitrogens is 2. The fourth-order valence-corrected chi connectivity index (χ4v) is 2.42. The van der Waals surface area contributed by atoms with Gasteiger partial charge in [-0.3, -0.25) is 0 Å². The standard InChI is InChI=1S/C18H13N3/c1-2-7-13(8-3-1)19-16-11-6-12-17-18(16)21-15-10-5-4-9-14(15)20-17/h1-12,19H. The lowest BCUT2D eigenvalue weighted by molar-refractivity contribution is 1.39. The number of anilines is 2. The molecule has 0 aliphatic heterocycles. The summed E-state index contributed by atoms with van der Waals surface area (Å²) in [5, 5.41) is 3.41. The van der Waals surface area contributed by atoms with Crippen LogP contribution >= 0.6 is 0 Å². The summed E-state index contributed by atoms with van der Waals surface area (Å²) in [7, 11) is 0. The first-order valence-electron chi connectivity index (χ1n) is 6.88. The number of rotatable bonds is 2. The van der Waals surface area contributed by atoms with E-state index >= 15 is 0 Å². The summed E-state index contributed by atoms with van der Waals surface area (Å²) in [6.45, 7) is 0. The molecule has 3 aromatic carbocycles. The van der Waals surface area contributed by atoms with Gasteiger partial charge in [0, 0.05) is 5.69 Å². The van der Waals surface area contributed by atoms with Crippen LogP contribution in [0, 0.1) is 0 Å². The van der Waals surface area contributed by atoms with Crippen LogP contribution in [0.25, 0.3) is 22.1 Å². The topological polar surface area (TPSA) is 37.8 Å². The van der Waals surface area contributed by atoms with Gasteiger partial charge < -0.3 is 5.32 Å². The van der Waals surface area contributed by atoms with E-state index in [2.05, 4.69) is 10.3 Å².